The second-order valence-corrected chi connectivity index (χ2v) is 4.88. The number of nitrogens with zero attached hydrogens (tertiary/aromatic N) is 6. The smallest absolute Gasteiger partial charge is 0.0669 e. The van der Waals surface area contributed by atoms with Crippen LogP contribution in [0.2, 0.25) is 0 Å². The molecule has 0 aliphatic carbocycles. The van der Waals surface area contributed by atoms with E-state index in [0.29, 0.717) is 33.4 Å². The molecule has 0 aliphatic heterocycles. The van der Waals surface area contributed by atoms with Gasteiger partial charge in [0.2, 0.25) is 0 Å². The first-order valence-corrected chi connectivity index (χ1v) is 7.08. The molecule has 114 valence electrons. The summed E-state index contributed by atoms with van der Waals surface area (Å²) in [7, 11) is 0. The molecule has 0 N–H and O–H groups in total. The van der Waals surface area contributed by atoms with Crippen molar-refractivity contribution in [1.29, 1.82) is 31.6 Å². The van der Waals surface area contributed by atoms with E-state index >= 15 is 0 Å². The number of rotatable bonds is 6. The summed E-state index contributed by atoms with van der Waals surface area (Å²) >= 11 is 0. The van der Waals surface area contributed by atoms with Gasteiger partial charge < -0.3 is 0 Å². The molecule has 0 aliphatic rings. The van der Waals surface area contributed by atoms with Crippen LogP contribution in [0.1, 0.15) is 33.4 Å². The fourth-order valence-electron chi connectivity index (χ4n) is 2.85. The van der Waals surface area contributed by atoms with Gasteiger partial charge in [0.25, 0.3) is 0 Å². The molecule has 0 saturated heterocycles. The highest BCUT2D eigenvalue weighted by Crippen LogP contribution is 2.31. The summed E-state index contributed by atoms with van der Waals surface area (Å²) in [5.74, 6) is 0. The molecule has 0 atom stereocenters. The molecule has 0 bridgehead atoms. The van der Waals surface area contributed by atoms with Gasteiger partial charge in [-0.3, -0.25) is 0 Å². The van der Waals surface area contributed by atoms with Crippen LogP contribution in [0.3, 0.4) is 0 Å². The van der Waals surface area contributed by atoms with Crippen LogP contribution in [-0.4, -0.2) is 0 Å². The Balaban J connectivity index is 4.01. The third kappa shape index (κ3) is 3.67. The molecule has 0 aromatic heterocycles. The predicted molar refractivity (Wildman–Crippen MR) is 82.3 cm³/mol. The summed E-state index contributed by atoms with van der Waals surface area (Å²) in [5, 5.41) is 54.7. The topological polar surface area (TPSA) is 143 Å². The van der Waals surface area contributed by atoms with E-state index in [1.54, 1.807) is 0 Å². The molecular weight excluding hydrogens is 300 g/mol. The lowest BCUT2D eigenvalue weighted by atomic mass is 9.80. The number of hydrogen-bond acceptors (Lipinski definition) is 6. The van der Waals surface area contributed by atoms with E-state index in [9.17, 15) is 0 Å². The van der Waals surface area contributed by atoms with Gasteiger partial charge >= 0.3 is 0 Å². The molecule has 0 heterocycles. The van der Waals surface area contributed by atoms with Gasteiger partial charge in [-0.1, -0.05) is 0 Å². The van der Waals surface area contributed by atoms with Gasteiger partial charge in [-0.2, -0.15) is 31.6 Å². The molecule has 1 rings (SSSR count). The normalized spacial score (nSPS) is 8.75. The Hall–Kier alpha value is -3.84. The van der Waals surface area contributed by atoms with Crippen LogP contribution in [0.5, 0.6) is 0 Å². The first-order valence-electron chi connectivity index (χ1n) is 7.08. The van der Waals surface area contributed by atoms with Crippen molar-refractivity contribution in [2.75, 3.05) is 0 Å². The Kier molecular flexibility index (Phi) is 7.01. The van der Waals surface area contributed by atoms with Crippen LogP contribution in [-0.2, 0) is 38.5 Å². The lowest BCUT2D eigenvalue weighted by molar-refractivity contribution is 0.976. The quantitative estimate of drug-likeness (QED) is 0.786. The van der Waals surface area contributed by atoms with E-state index < -0.39 is 0 Å². The second-order valence-electron chi connectivity index (χ2n) is 4.88. The Morgan fingerprint density at radius 1 is 0.333 bits per heavy atom. The minimum absolute atomic E-state index is 0.0162. The van der Waals surface area contributed by atoms with Gasteiger partial charge in [-0.25, -0.2) is 0 Å². The van der Waals surface area contributed by atoms with E-state index in [-0.39, 0.29) is 38.5 Å². The average Bonchev–Trinajstić information content (AvgIpc) is 2.57. The van der Waals surface area contributed by atoms with Crippen LogP contribution in [0.4, 0.5) is 0 Å². The highest BCUT2D eigenvalue weighted by Gasteiger charge is 2.23. The molecule has 0 fully saturated rings. The number of nitriles is 6. The van der Waals surface area contributed by atoms with E-state index in [1.807, 2.05) is 36.4 Å². The Labute approximate surface area is 140 Å². The average molecular weight is 312 g/mol. The lowest BCUT2D eigenvalue weighted by Crippen LogP contribution is -2.13. The lowest BCUT2D eigenvalue weighted by Gasteiger charge is -2.21. The summed E-state index contributed by atoms with van der Waals surface area (Å²) in [5.41, 5.74) is 3.24. The largest absolute Gasteiger partial charge is 0.198 e. The molecule has 0 unspecified atom stereocenters. The Morgan fingerprint density at radius 3 is 0.542 bits per heavy atom. The summed E-state index contributed by atoms with van der Waals surface area (Å²) in [6.07, 6.45) is -0.0969. The van der Waals surface area contributed by atoms with Gasteiger partial charge in [-0.15, -0.1) is 0 Å². The minimum atomic E-state index is -0.0162. The number of hydrogen-bond donors (Lipinski definition) is 0. The molecule has 6 nitrogen and oxygen atoms in total. The third-order valence-electron chi connectivity index (χ3n) is 3.72. The third-order valence-corrected chi connectivity index (χ3v) is 3.72. The fourth-order valence-corrected chi connectivity index (χ4v) is 2.85. The van der Waals surface area contributed by atoms with Gasteiger partial charge in [-0.05, 0) is 33.4 Å². The highest BCUT2D eigenvalue weighted by atomic mass is 14.3. The molecule has 24 heavy (non-hydrogen) atoms. The maximum absolute atomic E-state index is 9.12. The van der Waals surface area contributed by atoms with Gasteiger partial charge in [0, 0.05) is 0 Å². The zero-order valence-electron chi connectivity index (χ0n) is 12.9. The Morgan fingerprint density at radius 2 is 0.458 bits per heavy atom. The van der Waals surface area contributed by atoms with Crippen molar-refractivity contribution in [1.82, 2.24) is 0 Å². The molecular formula is C18H12N6. The maximum atomic E-state index is 9.12. The zero-order chi connectivity index (χ0) is 17.9. The predicted octanol–water partition coefficient (Wildman–Crippen LogP) is 2.08. The van der Waals surface area contributed by atoms with Crippen molar-refractivity contribution in [2.45, 2.75) is 38.5 Å². The van der Waals surface area contributed by atoms with Crippen molar-refractivity contribution in [3.63, 3.8) is 0 Å². The molecule has 1 aromatic carbocycles. The second kappa shape index (κ2) is 9.23. The van der Waals surface area contributed by atoms with Gasteiger partial charge in [0.1, 0.15) is 0 Å². The van der Waals surface area contributed by atoms with Crippen LogP contribution >= 0.6 is 0 Å². The molecule has 0 amide bonds. The number of benzene rings is 1. The first-order chi connectivity index (χ1) is 11.7. The van der Waals surface area contributed by atoms with Gasteiger partial charge in [0.15, 0.2) is 0 Å². The molecule has 0 radical (unpaired) electrons. The van der Waals surface area contributed by atoms with Gasteiger partial charge in [0.05, 0.1) is 74.9 Å². The standard InChI is InChI=1S/C18H12N6/c19-7-1-13-14(2-8-20)16(4-10-22)18(6-12-24)17(5-11-23)15(13)3-9-21/h1-6H2. The minimum Gasteiger partial charge on any atom is -0.198 e. The van der Waals surface area contributed by atoms with Crippen LogP contribution in [0.15, 0.2) is 0 Å². The fraction of sp³-hybridized carbons (Fsp3) is 0.333. The molecule has 0 spiro atoms. The van der Waals surface area contributed by atoms with Crippen molar-refractivity contribution in [3.8, 4) is 36.4 Å². The van der Waals surface area contributed by atoms with E-state index in [0.717, 1.165) is 0 Å². The van der Waals surface area contributed by atoms with Crippen molar-refractivity contribution in [3.05, 3.63) is 33.4 Å². The monoisotopic (exact) mass is 312 g/mol. The summed E-state index contributed by atoms with van der Waals surface area (Å²) < 4.78 is 0. The van der Waals surface area contributed by atoms with Crippen molar-refractivity contribution < 1.29 is 0 Å². The molecule has 6 heteroatoms. The SMILES string of the molecule is N#CCc1c(CC#N)c(CC#N)c(CC#N)c(CC#N)c1CC#N. The molecule has 1 aromatic rings. The summed E-state index contributed by atoms with van der Waals surface area (Å²) in [6.45, 7) is 0. The summed E-state index contributed by atoms with van der Waals surface area (Å²) in [6, 6.07) is 12.1. The van der Waals surface area contributed by atoms with Crippen LogP contribution in [0.25, 0.3) is 0 Å². The van der Waals surface area contributed by atoms with Crippen LogP contribution < -0.4 is 0 Å². The van der Waals surface area contributed by atoms with Crippen molar-refractivity contribution >= 4 is 0 Å². The highest BCUT2D eigenvalue weighted by molar-refractivity contribution is 5.56. The first kappa shape index (κ1) is 18.2. The van der Waals surface area contributed by atoms with Crippen molar-refractivity contribution in [2.24, 2.45) is 0 Å². The molecule has 0 saturated carbocycles. The van der Waals surface area contributed by atoms with E-state index in [2.05, 4.69) is 0 Å². The van der Waals surface area contributed by atoms with E-state index in [4.69, 9.17) is 31.6 Å². The Bertz CT molecular complexity index is 671. The summed E-state index contributed by atoms with van der Waals surface area (Å²) in [4.78, 5) is 0. The maximum Gasteiger partial charge on any atom is 0.0669 e. The van der Waals surface area contributed by atoms with E-state index in [1.165, 1.54) is 0 Å². The zero-order valence-corrected chi connectivity index (χ0v) is 12.9. The van der Waals surface area contributed by atoms with Crippen LogP contribution in [0, 0.1) is 68.0 Å².